The van der Waals surface area contributed by atoms with E-state index in [1.54, 1.807) is 32.9 Å². The fraction of sp³-hybridized carbons (Fsp3) is 0.500. The third-order valence-corrected chi connectivity index (χ3v) is 2.26. The summed E-state index contributed by atoms with van der Waals surface area (Å²) in [6.45, 7) is 5.28. The number of ether oxygens (including phenoxy) is 2. The maximum atomic E-state index is 12.0. The highest BCUT2D eigenvalue weighted by Crippen LogP contribution is 2.31. The van der Waals surface area contributed by atoms with Crippen molar-refractivity contribution in [3.8, 4) is 5.75 Å². The molecule has 2 rings (SSSR count). The summed E-state index contributed by atoms with van der Waals surface area (Å²) in [5, 5.41) is 9.84. The summed E-state index contributed by atoms with van der Waals surface area (Å²) < 4.78 is 10.5. The van der Waals surface area contributed by atoms with E-state index in [1.165, 1.54) is 6.20 Å². The Morgan fingerprint density at radius 1 is 1.61 bits per heavy atom. The molecule has 0 aliphatic carbocycles. The fourth-order valence-corrected chi connectivity index (χ4v) is 1.58. The van der Waals surface area contributed by atoms with E-state index < -0.39 is 17.9 Å². The van der Waals surface area contributed by atoms with Crippen molar-refractivity contribution < 1.29 is 19.4 Å². The molecular weight excluding hydrogens is 236 g/mol. The lowest BCUT2D eigenvalue weighted by atomic mass is 10.2. The summed E-state index contributed by atoms with van der Waals surface area (Å²) in [6, 6.07) is 3.38. The van der Waals surface area contributed by atoms with Crippen LogP contribution in [0.1, 0.15) is 20.8 Å². The third-order valence-electron chi connectivity index (χ3n) is 2.26. The van der Waals surface area contributed by atoms with Gasteiger partial charge < -0.3 is 14.6 Å². The monoisotopic (exact) mass is 252 g/mol. The number of carbonyl (C=O) groups excluding carboxylic acids is 1. The molecule has 6 heteroatoms. The predicted octanol–water partition coefficient (Wildman–Crippen LogP) is 1.53. The molecule has 1 atom stereocenters. The lowest BCUT2D eigenvalue weighted by Crippen LogP contribution is -2.49. The van der Waals surface area contributed by atoms with Crippen molar-refractivity contribution in [3.63, 3.8) is 0 Å². The molecule has 1 aliphatic rings. The quantitative estimate of drug-likeness (QED) is 0.758. The van der Waals surface area contributed by atoms with Gasteiger partial charge in [-0.25, -0.2) is 14.7 Å². The summed E-state index contributed by atoms with van der Waals surface area (Å²) in [6.07, 6.45) is -0.210. The highest BCUT2D eigenvalue weighted by Gasteiger charge is 2.35. The van der Waals surface area contributed by atoms with Crippen molar-refractivity contribution >= 4 is 11.9 Å². The summed E-state index contributed by atoms with van der Waals surface area (Å²) in [5.74, 6) is 0.721. The van der Waals surface area contributed by atoms with Crippen LogP contribution >= 0.6 is 0 Å². The Morgan fingerprint density at radius 2 is 2.33 bits per heavy atom. The first kappa shape index (κ1) is 12.6. The number of rotatable bonds is 0. The Balaban J connectivity index is 2.29. The number of aliphatic hydroxyl groups is 1. The summed E-state index contributed by atoms with van der Waals surface area (Å²) in [5.41, 5.74) is -0.635. The van der Waals surface area contributed by atoms with Gasteiger partial charge in [-0.1, -0.05) is 0 Å². The number of hydrogen-bond acceptors (Lipinski definition) is 5. The second kappa shape index (κ2) is 4.45. The van der Waals surface area contributed by atoms with Gasteiger partial charge in [0.25, 0.3) is 0 Å². The number of amides is 1. The highest BCUT2D eigenvalue weighted by molar-refractivity contribution is 5.89. The van der Waals surface area contributed by atoms with Gasteiger partial charge in [-0.2, -0.15) is 0 Å². The van der Waals surface area contributed by atoms with Gasteiger partial charge in [0.05, 0.1) is 0 Å². The predicted molar refractivity (Wildman–Crippen MR) is 64.5 cm³/mol. The van der Waals surface area contributed by atoms with Crippen LogP contribution in [-0.2, 0) is 4.74 Å². The zero-order chi connectivity index (χ0) is 13.3. The number of aromatic nitrogens is 1. The van der Waals surface area contributed by atoms with Gasteiger partial charge in [-0.15, -0.1) is 0 Å². The van der Waals surface area contributed by atoms with Crippen molar-refractivity contribution in [2.24, 2.45) is 0 Å². The van der Waals surface area contributed by atoms with E-state index in [0.717, 1.165) is 4.90 Å². The minimum Gasteiger partial charge on any atom is -0.485 e. The molecule has 0 spiro atoms. The molecule has 1 unspecified atom stereocenters. The van der Waals surface area contributed by atoms with Crippen LogP contribution in [0.5, 0.6) is 5.75 Å². The number of pyridine rings is 1. The van der Waals surface area contributed by atoms with Crippen molar-refractivity contribution in [1.29, 1.82) is 0 Å². The molecule has 1 aromatic rings. The minimum absolute atomic E-state index is 0.00205. The van der Waals surface area contributed by atoms with E-state index in [1.807, 2.05) is 0 Å². The zero-order valence-electron chi connectivity index (χ0n) is 10.6. The van der Waals surface area contributed by atoms with Gasteiger partial charge in [0, 0.05) is 6.20 Å². The van der Waals surface area contributed by atoms with Crippen LogP contribution in [0.4, 0.5) is 10.6 Å². The first-order valence-electron chi connectivity index (χ1n) is 5.66. The van der Waals surface area contributed by atoms with Crippen LogP contribution in [0.15, 0.2) is 18.3 Å². The molecule has 1 aromatic heterocycles. The third kappa shape index (κ3) is 2.53. The highest BCUT2D eigenvalue weighted by atomic mass is 16.6. The Hall–Kier alpha value is -1.82. The van der Waals surface area contributed by atoms with Gasteiger partial charge in [-0.05, 0) is 32.9 Å². The molecule has 0 aromatic carbocycles. The van der Waals surface area contributed by atoms with E-state index >= 15 is 0 Å². The van der Waals surface area contributed by atoms with E-state index in [0.29, 0.717) is 5.75 Å². The smallest absolute Gasteiger partial charge is 0.418 e. The SMILES string of the molecule is CC(C)(C)OC(=O)N1c2ncccc2OCC1O. The van der Waals surface area contributed by atoms with Crippen molar-refractivity contribution in [1.82, 2.24) is 4.98 Å². The largest absolute Gasteiger partial charge is 0.485 e. The number of anilines is 1. The number of aliphatic hydroxyl groups excluding tert-OH is 1. The molecule has 18 heavy (non-hydrogen) atoms. The average molecular weight is 252 g/mol. The van der Waals surface area contributed by atoms with Gasteiger partial charge >= 0.3 is 6.09 Å². The van der Waals surface area contributed by atoms with E-state index in [4.69, 9.17) is 9.47 Å². The molecule has 6 nitrogen and oxygen atoms in total. The molecule has 0 saturated heterocycles. The van der Waals surface area contributed by atoms with Crippen LogP contribution in [0, 0.1) is 0 Å². The van der Waals surface area contributed by atoms with E-state index in [9.17, 15) is 9.90 Å². The summed E-state index contributed by atoms with van der Waals surface area (Å²) >= 11 is 0. The fourth-order valence-electron chi connectivity index (χ4n) is 1.58. The maximum Gasteiger partial charge on any atom is 0.418 e. The Kier molecular flexibility index (Phi) is 3.13. The van der Waals surface area contributed by atoms with Crippen molar-refractivity contribution in [2.75, 3.05) is 11.5 Å². The molecule has 98 valence electrons. The molecule has 1 N–H and O–H groups in total. The van der Waals surface area contributed by atoms with Crippen LogP contribution < -0.4 is 9.64 Å². The van der Waals surface area contributed by atoms with Crippen LogP contribution in [0.2, 0.25) is 0 Å². The standard InChI is InChI=1S/C12H16N2O4/c1-12(2,3)18-11(16)14-9(15)7-17-8-5-4-6-13-10(8)14/h4-6,9,15H,7H2,1-3H3. The molecule has 0 bridgehead atoms. The second-order valence-electron chi connectivity index (χ2n) is 4.97. The van der Waals surface area contributed by atoms with E-state index in [2.05, 4.69) is 4.98 Å². The Morgan fingerprint density at radius 3 is 3.00 bits per heavy atom. The molecule has 0 radical (unpaired) electrons. The van der Waals surface area contributed by atoms with Crippen LogP contribution in [0.25, 0.3) is 0 Å². The molecule has 1 amide bonds. The first-order valence-corrected chi connectivity index (χ1v) is 5.66. The summed E-state index contributed by atoms with van der Waals surface area (Å²) in [7, 11) is 0. The second-order valence-corrected chi connectivity index (χ2v) is 4.97. The zero-order valence-corrected chi connectivity index (χ0v) is 10.6. The topological polar surface area (TPSA) is 71.9 Å². The maximum absolute atomic E-state index is 12.0. The minimum atomic E-state index is -1.10. The first-order chi connectivity index (χ1) is 8.38. The summed E-state index contributed by atoms with van der Waals surface area (Å²) in [4.78, 5) is 17.2. The van der Waals surface area contributed by atoms with Gasteiger partial charge in [-0.3, -0.25) is 0 Å². The van der Waals surface area contributed by atoms with Gasteiger partial charge in [0.2, 0.25) is 0 Å². The molecular formula is C12H16N2O4. The Bertz CT molecular complexity index is 456. The van der Waals surface area contributed by atoms with E-state index in [-0.39, 0.29) is 12.4 Å². The molecule has 0 saturated carbocycles. The van der Waals surface area contributed by atoms with Crippen molar-refractivity contribution in [2.45, 2.75) is 32.6 Å². The number of nitrogens with zero attached hydrogens (tertiary/aromatic N) is 2. The Labute approximate surface area is 105 Å². The number of fused-ring (bicyclic) bond motifs is 1. The van der Waals surface area contributed by atoms with Crippen molar-refractivity contribution in [3.05, 3.63) is 18.3 Å². The number of hydrogen-bond donors (Lipinski definition) is 1. The van der Waals surface area contributed by atoms with Crippen LogP contribution in [0.3, 0.4) is 0 Å². The normalized spacial score (nSPS) is 18.9. The van der Waals surface area contributed by atoms with Crippen LogP contribution in [-0.4, -0.2) is 34.6 Å². The van der Waals surface area contributed by atoms with Gasteiger partial charge in [0.1, 0.15) is 12.2 Å². The molecule has 2 heterocycles. The lowest BCUT2D eigenvalue weighted by molar-refractivity contribution is 0.0354. The number of carbonyl (C=O) groups is 1. The molecule has 0 fully saturated rings. The lowest BCUT2D eigenvalue weighted by Gasteiger charge is -2.33. The average Bonchev–Trinajstić information content (AvgIpc) is 2.26. The van der Waals surface area contributed by atoms with Gasteiger partial charge in [0.15, 0.2) is 17.8 Å². The molecule has 1 aliphatic heterocycles.